The van der Waals surface area contributed by atoms with Crippen LogP contribution in [0.1, 0.15) is 31.0 Å². The van der Waals surface area contributed by atoms with Crippen molar-refractivity contribution in [3.63, 3.8) is 0 Å². The molecule has 33 heavy (non-hydrogen) atoms. The van der Waals surface area contributed by atoms with Crippen LogP contribution in [-0.2, 0) is 17.9 Å². The highest BCUT2D eigenvalue weighted by atomic mass is 16.2. The first-order chi connectivity index (χ1) is 16.0. The molecule has 0 saturated carbocycles. The molecule has 0 bridgehead atoms. The number of nitrogens with zero attached hydrogens (tertiary/aromatic N) is 5. The molecule has 3 aromatic rings. The third-order valence-corrected chi connectivity index (χ3v) is 6.13. The Labute approximate surface area is 193 Å². The maximum atomic E-state index is 12.1. The fourth-order valence-corrected chi connectivity index (χ4v) is 4.15. The van der Waals surface area contributed by atoms with E-state index in [2.05, 4.69) is 58.0 Å². The van der Waals surface area contributed by atoms with Gasteiger partial charge in [-0.2, -0.15) is 4.98 Å². The molecule has 0 aliphatic carbocycles. The molecule has 1 aromatic carbocycles. The quantitative estimate of drug-likeness (QED) is 0.562. The van der Waals surface area contributed by atoms with E-state index in [1.165, 1.54) is 11.6 Å². The van der Waals surface area contributed by atoms with Crippen LogP contribution in [0.3, 0.4) is 0 Å². The molecule has 1 aliphatic heterocycles. The fraction of sp³-hybridized carbons (Fsp3) is 0.360. The van der Waals surface area contributed by atoms with Crippen molar-refractivity contribution in [3.8, 4) is 0 Å². The minimum absolute atomic E-state index is 0.00821. The molecule has 1 N–H and O–H groups in total. The van der Waals surface area contributed by atoms with E-state index in [0.717, 1.165) is 43.7 Å². The Morgan fingerprint density at radius 3 is 2.55 bits per heavy atom. The number of fused-ring (bicyclic) bond motifs is 1. The number of hydrogen-bond acceptors (Lipinski definition) is 6. The van der Waals surface area contributed by atoms with Crippen LogP contribution < -0.4 is 10.9 Å². The van der Waals surface area contributed by atoms with Gasteiger partial charge in [0.25, 0.3) is 5.56 Å². The first kappa shape index (κ1) is 22.7. The summed E-state index contributed by atoms with van der Waals surface area (Å²) >= 11 is 0. The zero-order chi connectivity index (χ0) is 23.4. The summed E-state index contributed by atoms with van der Waals surface area (Å²) in [6.07, 6.45) is 3.13. The van der Waals surface area contributed by atoms with Crippen molar-refractivity contribution >= 4 is 22.9 Å². The Morgan fingerprint density at radius 1 is 1.15 bits per heavy atom. The number of rotatable bonds is 7. The van der Waals surface area contributed by atoms with Crippen molar-refractivity contribution in [2.45, 2.75) is 33.0 Å². The number of carbonyl (C=O) groups is 1. The SMILES string of the molecule is C=CC(=O)N1CCN(Cc2ccc(C(C)Nc3ncc4ccc(=O)n(CC)c4n3)cc2)CC1. The highest BCUT2D eigenvalue weighted by Crippen LogP contribution is 2.20. The van der Waals surface area contributed by atoms with Gasteiger partial charge in [-0.25, -0.2) is 4.98 Å². The second-order valence-corrected chi connectivity index (χ2v) is 8.30. The van der Waals surface area contributed by atoms with Gasteiger partial charge in [-0.15, -0.1) is 0 Å². The summed E-state index contributed by atoms with van der Waals surface area (Å²) in [5.41, 5.74) is 2.94. The van der Waals surface area contributed by atoms with Crippen molar-refractivity contribution in [2.24, 2.45) is 0 Å². The molecule has 1 fully saturated rings. The summed E-state index contributed by atoms with van der Waals surface area (Å²) in [5.74, 6) is 0.507. The van der Waals surface area contributed by atoms with E-state index in [0.29, 0.717) is 18.1 Å². The van der Waals surface area contributed by atoms with Gasteiger partial charge in [0, 0.05) is 56.9 Å². The predicted octanol–water partition coefficient (Wildman–Crippen LogP) is 2.81. The number of carbonyl (C=O) groups excluding carboxylic acids is 1. The third kappa shape index (κ3) is 5.12. The minimum atomic E-state index is -0.0630. The number of benzene rings is 1. The number of amides is 1. The Morgan fingerprint density at radius 2 is 1.88 bits per heavy atom. The summed E-state index contributed by atoms with van der Waals surface area (Å²) in [6.45, 7) is 12.2. The molecule has 1 atom stereocenters. The summed E-state index contributed by atoms with van der Waals surface area (Å²) in [6, 6.07) is 11.8. The first-order valence-electron chi connectivity index (χ1n) is 11.3. The summed E-state index contributed by atoms with van der Waals surface area (Å²) in [4.78, 5) is 37.1. The number of pyridine rings is 1. The van der Waals surface area contributed by atoms with Crippen LogP contribution in [0.4, 0.5) is 5.95 Å². The number of nitrogens with one attached hydrogen (secondary N) is 1. The second kappa shape index (κ2) is 9.95. The van der Waals surface area contributed by atoms with Gasteiger partial charge in [0.2, 0.25) is 11.9 Å². The van der Waals surface area contributed by atoms with Gasteiger partial charge in [-0.1, -0.05) is 30.8 Å². The molecule has 0 radical (unpaired) electrons. The standard InChI is InChI=1S/C25H30N6O2/c1-4-22(32)30-14-12-29(13-15-30)17-19-6-8-20(9-7-19)18(3)27-25-26-16-21-10-11-23(33)31(5-2)24(21)28-25/h4,6-11,16,18H,1,5,12-15,17H2,2-3H3,(H,26,27,28). The van der Waals surface area contributed by atoms with Crippen LogP contribution in [0.25, 0.3) is 11.0 Å². The van der Waals surface area contributed by atoms with Gasteiger partial charge in [-0.05, 0) is 37.1 Å². The molecule has 2 aromatic heterocycles. The molecule has 172 valence electrons. The van der Waals surface area contributed by atoms with Crippen LogP contribution in [0.5, 0.6) is 0 Å². The van der Waals surface area contributed by atoms with E-state index in [9.17, 15) is 9.59 Å². The van der Waals surface area contributed by atoms with E-state index in [1.807, 2.05) is 11.8 Å². The average molecular weight is 447 g/mol. The van der Waals surface area contributed by atoms with Crippen LogP contribution >= 0.6 is 0 Å². The van der Waals surface area contributed by atoms with E-state index >= 15 is 0 Å². The number of piperazine rings is 1. The smallest absolute Gasteiger partial charge is 0.252 e. The molecule has 8 nitrogen and oxygen atoms in total. The second-order valence-electron chi connectivity index (χ2n) is 8.30. The minimum Gasteiger partial charge on any atom is -0.348 e. The van der Waals surface area contributed by atoms with E-state index in [1.54, 1.807) is 22.9 Å². The van der Waals surface area contributed by atoms with E-state index < -0.39 is 0 Å². The number of aryl methyl sites for hydroxylation is 1. The highest BCUT2D eigenvalue weighted by Gasteiger charge is 2.19. The normalized spacial score (nSPS) is 15.4. The lowest BCUT2D eigenvalue weighted by molar-refractivity contribution is -0.127. The molecule has 1 saturated heterocycles. The average Bonchev–Trinajstić information content (AvgIpc) is 2.84. The molecule has 1 aliphatic rings. The Bertz CT molecular complexity index is 1200. The van der Waals surface area contributed by atoms with Gasteiger partial charge in [0.1, 0.15) is 5.65 Å². The zero-order valence-corrected chi connectivity index (χ0v) is 19.2. The van der Waals surface area contributed by atoms with Crippen molar-refractivity contribution in [1.82, 2.24) is 24.3 Å². The van der Waals surface area contributed by atoms with Gasteiger partial charge in [0.15, 0.2) is 0 Å². The van der Waals surface area contributed by atoms with Crippen LogP contribution in [0, 0.1) is 0 Å². The lowest BCUT2D eigenvalue weighted by Crippen LogP contribution is -2.47. The lowest BCUT2D eigenvalue weighted by atomic mass is 10.1. The van der Waals surface area contributed by atoms with Crippen molar-refractivity contribution in [2.75, 3.05) is 31.5 Å². The predicted molar refractivity (Wildman–Crippen MR) is 130 cm³/mol. The Kier molecular flexibility index (Phi) is 6.84. The van der Waals surface area contributed by atoms with Crippen LogP contribution in [-0.4, -0.2) is 56.4 Å². The summed E-state index contributed by atoms with van der Waals surface area (Å²) in [7, 11) is 0. The first-order valence-corrected chi connectivity index (χ1v) is 11.3. The van der Waals surface area contributed by atoms with Crippen molar-refractivity contribution in [1.29, 1.82) is 0 Å². The number of anilines is 1. The fourth-order valence-electron chi connectivity index (χ4n) is 4.15. The maximum absolute atomic E-state index is 12.1. The van der Waals surface area contributed by atoms with Crippen molar-refractivity contribution < 1.29 is 4.79 Å². The molecular formula is C25H30N6O2. The topological polar surface area (TPSA) is 83.4 Å². The zero-order valence-electron chi connectivity index (χ0n) is 19.2. The van der Waals surface area contributed by atoms with Crippen LogP contribution in [0.15, 0.2) is 60.0 Å². The summed E-state index contributed by atoms with van der Waals surface area (Å²) in [5, 5.41) is 4.19. The molecule has 1 unspecified atom stereocenters. The van der Waals surface area contributed by atoms with Crippen LogP contribution in [0.2, 0.25) is 0 Å². The van der Waals surface area contributed by atoms with Crippen molar-refractivity contribution in [3.05, 3.63) is 76.7 Å². The van der Waals surface area contributed by atoms with E-state index in [4.69, 9.17) is 0 Å². The summed E-state index contributed by atoms with van der Waals surface area (Å²) < 4.78 is 1.65. The highest BCUT2D eigenvalue weighted by molar-refractivity contribution is 5.87. The Balaban J connectivity index is 1.39. The molecule has 1 amide bonds. The number of hydrogen-bond donors (Lipinski definition) is 1. The lowest BCUT2D eigenvalue weighted by Gasteiger charge is -2.34. The van der Waals surface area contributed by atoms with Gasteiger partial charge in [-0.3, -0.25) is 19.1 Å². The molecule has 3 heterocycles. The van der Waals surface area contributed by atoms with Gasteiger partial charge >= 0.3 is 0 Å². The molecular weight excluding hydrogens is 416 g/mol. The molecule has 8 heteroatoms. The monoisotopic (exact) mass is 446 g/mol. The number of aromatic nitrogens is 3. The Hall–Kier alpha value is -3.52. The maximum Gasteiger partial charge on any atom is 0.252 e. The molecule has 4 rings (SSSR count). The van der Waals surface area contributed by atoms with E-state index in [-0.39, 0.29) is 17.5 Å². The van der Waals surface area contributed by atoms with Gasteiger partial charge < -0.3 is 10.2 Å². The molecule has 0 spiro atoms. The van der Waals surface area contributed by atoms with Gasteiger partial charge in [0.05, 0.1) is 6.04 Å². The third-order valence-electron chi connectivity index (χ3n) is 6.13. The largest absolute Gasteiger partial charge is 0.348 e.